The maximum absolute atomic E-state index is 12.3. The van der Waals surface area contributed by atoms with Crippen molar-refractivity contribution >= 4 is 29.1 Å². The fraction of sp³-hybridized carbons (Fsp3) is 0.364. The van der Waals surface area contributed by atoms with Gasteiger partial charge in [-0.05, 0) is 47.8 Å². The van der Waals surface area contributed by atoms with E-state index in [0.29, 0.717) is 35.1 Å². The first-order valence-electron chi connectivity index (χ1n) is 9.66. The number of Topliss-reactive ketones (excluding diaryl/α,β-unsaturated/α-hetero) is 1. The average Bonchev–Trinajstić information content (AvgIpc) is 2.65. The number of ketones is 1. The van der Waals surface area contributed by atoms with E-state index in [0.717, 1.165) is 11.1 Å². The molecule has 1 aromatic rings. The Morgan fingerprint density at radius 1 is 1.34 bits per heavy atom. The maximum Gasteiger partial charge on any atom is 0.413 e. The Morgan fingerprint density at radius 2 is 2.03 bits per heavy atom. The first-order valence-corrected chi connectivity index (χ1v) is 10.0. The molecule has 2 N–H and O–H groups in total. The summed E-state index contributed by atoms with van der Waals surface area (Å²) >= 11 is 6.06. The zero-order valence-electron chi connectivity index (χ0n) is 16.7. The number of carbonyl (C=O) groups excluding carboxylic acids is 2. The predicted octanol–water partition coefficient (Wildman–Crippen LogP) is 3.87. The summed E-state index contributed by atoms with van der Waals surface area (Å²) in [6, 6.07) is 7.17. The highest BCUT2D eigenvalue weighted by atomic mass is 35.5. The van der Waals surface area contributed by atoms with Crippen molar-refractivity contribution in [1.82, 2.24) is 10.2 Å². The van der Waals surface area contributed by atoms with E-state index in [1.54, 1.807) is 12.1 Å². The number of nitrogens with zero attached hydrogens (tertiary/aromatic N) is 1. The Hall–Kier alpha value is -2.57. The van der Waals surface area contributed by atoms with Crippen LogP contribution in [0.3, 0.4) is 0 Å². The molecule has 2 aliphatic rings. The molecular weight excluding hydrogens is 392 g/mol. The lowest BCUT2D eigenvalue weighted by molar-refractivity contribution is -0.124. The summed E-state index contributed by atoms with van der Waals surface area (Å²) in [6.07, 6.45) is 1.73. The van der Waals surface area contributed by atoms with Crippen LogP contribution in [0.15, 0.2) is 53.6 Å². The molecular formula is C22H25ClN2O4. The highest BCUT2D eigenvalue weighted by Crippen LogP contribution is 2.41. The van der Waals surface area contributed by atoms with Crippen LogP contribution in [0.5, 0.6) is 0 Å². The SMILES string of the molecule is CCNC(=O)OC1=C(c2ccc(Cl)cc2)C2=CC(O)C(=O)CC2=CN1CC(C)C. The Morgan fingerprint density at radius 3 is 2.66 bits per heavy atom. The van der Waals surface area contributed by atoms with Crippen molar-refractivity contribution in [2.75, 3.05) is 13.1 Å². The summed E-state index contributed by atoms with van der Waals surface area (Å²) in [5, 5.41) is 13.4. The fourth-order valence-corrected chi connectivity index (χ4v) is 3.54. The number of aliphatic hydroxyl groups is 1. The number of hydrogen-bond donors (Lipinski definition) is 2. The van der Waals surface area contributed by atoms with Crippen molar-refractivity contribution in [3.05, 3.63) is 64.2 Å². The molecule has 0 aromatic heterocycles. The zero-order valence-corrected chi connectivity index (χ0v) is 17.5. The van der Waals surface area contributed by atoms with Gasteiger partial charge in [0.2, 0.25) is 5.88 Å². The lowest BCUT2D eigenvalue weighted by Crippen LogP contribution is -2.35. The average molecular weight is 417 g/mol. The van der Waals surface area contributed by atoms with Crippen LogP contribution >= 0.6 is 11.6 Å². The van der Waals surface area contributed by atoms with E-state index >= 15 is 0 Å². The quantitative estimate of drug-likeness (QED) is 0.761. The molecule has 154 valence electrons. The molecule has 7 heteroatoms. The zero-order chi connectivity index (χ0) is 21.1. The number of alkyl carbamates (subject to hydrolysis) is 1. The number of rotatable bonds is 5. The van der Waals surface area contributed by atoms with Crippen LogP contribution in [0.1, 0.15) is 32.8 Å². The van der Waals surface area contributed by atoms with E-state index in [-0.39, 0.29) is 18.1 Å². The van der Waals surface area contributed by atoms with E-state index in [4.69, 9.17) is 16.3 Å². The maximum atomic E-state index is 12.3. The molecule has 0 bridgehead atoms. The van der Waals surface area contributed by atoms with Gasteiger partial charge in [-0.25, -0.2) is 4.79 Å². The summed E-state index contributed by atoms with van der Waals surface area (Å²) in [6.45, 7) is 6.96. The molecule has 0 saturated heterocycles. The van der Waals surface area contributed by atoms with Gasteiger partial charge in [-0.1, -0.05) is 37.6 Å². The Balaban J connectivity index is 2.20. The van der Waals surface area contributed by atoms with Crippen molar-refractivity contribution in [2.24, 2.45) is 5.92 Å². The first kappa shape index (κ1) is 21.1. The molecule has 0 saturated carbocycles. The number of amides is 1. The lowest BCUT2D eigenvalue weighted by atomic mass is 9.82. The van der Waals surface area contributed by atoms with Crippen LogP contribution in [-0.2, 0) is 9.53 Å². The normalized spacial score (nSPS) is 19.0. The van der Waals surface area contributed by atoms with E-state index in [1.807, 2.05) is 30.2 Å². The number of aliphatic hydroxyl groups excluding tert-OH is 1. The number of fused-ring (bicyclic) bond motifs is 1. The van der Waals surface area contributed by atoms with Crippen LogP contribution in [0.25, 0.3) is 5.57 Å². The Kier molecular flexibility index (Phi) is 6.45. The number of halogens is 1. The van der Waals surface area contributed by atoms with E-state index in [2.05, 4.69) is 19.2 Å². The van der Waals surface area contributed by atoms with Gasteiger partial charge in [-0.3, -0.25) is 4.79 Å². The van der Waals surface area contributed by atoms with Crippen LogP contribution in [0, 0.1) is 5.92 Å². The summed E-state index contributed by atoms with van der Waals surface area (Å²) in [5.74, 6) is 0.387. The summed E-state index contributed by atoms with van der Waals surface area (Å²) in [7, 11) is 0. The number of benzene rings is 1. The monoisotopic (exact) mass is 416 g/mol. The lowest BCUT2D eigenvalue weighted by Gasteiger charge is -2.35. The van der Waals surface area contributed by atoms with Gasteiger partial charge in [-0.15, -0.1) is 0 Å². The first-order chi connectivity index (χ1) is 13.8. The van der Waals surface area contributed by atoms with E-state index in [1.165, 1.54) is 6.08 Å². The van der Waals surface area contributed by atoms with Crippen LogP contribution in [0.4, 0.5) is 4.79 Å². The summed E-state index contributed by atoms with van der Waals surface area (Å²) in [5.41, 5.74) is 2.91. The molecule has 1 amide bonds. The minimum Gasteiger partial charge on any atom is -0.392 e. The third kappa shape index (κ3) is 4.71. The number of ether oxygens (including phenoxy) is 1. The molecule has 1 aromatic carbocycles. The predicted molar refractivity (Wildman–Crippen MR) is 112 cm³/mol. The van der Waals surface area contributed by atoms with Crippen LogP contribution in [-0.4, -0.2) is 41.1 Å². The molecule has 29 heavy (non-hydrogen) atoms. The van der Waals surface area contributed by atoms with Gasteiger partial charge in [-0.2, -0.15) is 0 Å². The Labute approximate surface area is 175 Å². The molecule has 1 atom stereocenters. The fourth-order valence-electron chi connectivity index (χ4n) is 3.41. The second-order valence-corrected chi connectivity index (χ2v) is 7.91. The molecule has 3 rings (SSSR count). The van der Waals surface area contributed by atoms with Gasteiger partial charge < -0.3 is 20.1 Å². The van der Waals surface area contributed by atoms with Crippen molar-refractivity contribution in [3.63, 3.8) is 0 Å². The largest absolute Gasteiger partial charge is 0.413 e. The van der Waals surface area contributed by atoms with Gasteiger partial charge in [0.05, 0.1) is 5.57 Å². The topological polar surface area (TPSA) is 78.9 Å². The number of allylic oxidation sites excluding steroid dienone is 3. The molecule has 1 aliphatic heterocycles. The third-order valence-electron chi connectivity index (χ3n) is 4.63. The number of nitrogens with one attached hydrogen (secondary N) is 1. The molecule has 1 unspecified atom stereocenters. The minimum atomic E-state index is -1.19. The standard InChI is InChI=1S/C22H25ClN2O4/c1-4-24-22(28)29-21-20(14-5-7-16(23)8-6-14)17-10-19(27)18(26)9-15(17)12-25(21)11-13(2)3/h5-8,10,12-13,19,27H,4,9,11H2,1-3H3,(H,24,28). The molecule has 6 nitrogen and oxygen atoms in total. The van der Waals surface area contributed by atoms with Gasteiger partial charge in [0.25, 0.3) is 0 Å². The van der Waals surface area contributed by atoms with Crippen molar-refractivity contribution in [3.8, 4) is 0 Å². The molecule has 1 aliphatic carbocycles. The van der Waals surface area contributed by atoms with Gasteiger partial charge >= 0.3 is 6.09 Å². The van der Waals surface area contributed by atoms with Crippen LogP contribution < -0.4 is 5.32 Å². The Bertz CT molecular complexity index is 900. The highest BCUT2D eigenvalue weighted by molar-refractivity contribution is 6.30. The second-order valence-electron chi connectivity index (χ2n) is 7.48. The van der Waals surface area contributed by atoms with Gasteiger partial charge in [0.15, 0.2) is 5.78 Å². The summed E-state index contributed by atoms with van der Waals surface area (Å²) < 4.78 is 5.72. The van der Waals surface area contributed by atoms with Crippen molar-refractivity contribution in [1.29, 1.82) is 0 Å². The van der Waals surface area contributed by atoms with Crippen molar-refractivity contribution < 1.29 is 19.4 Å². The smallest absolute Gasteiger partial charge is 0.392 e. The van der Waals surface area contributed by atoms with E-state index in [9.17, 15) is 14.7 Å². The highest BCUT2D eigenvalue weighted by Gasteiger charge is 2.34. The summed E-state index contributed by atoms with van der Waals surface area (Å²) in [4.78, 5) is 26.3. The number of carbonyl (C=O) groups is 2. The molecule has 0 radical (unpaired) electrons. The minimum absolute atomic E-state index is 0.118. The van der Waals surface area contributed by atoms with Crippen LogP contribution in [0.2, 0.25) is 5.02 Å². The van der Waals surface area contributed by atoms with E-state index < -0.39 is 12.2 Å². The molecule has 0 spiro atoms. The second kappa shape index (κ2) is 8.84. The third-order valence-corrected chi connectivity index (χ3v) is 4.88. The van der Waals surface area contributed by atoms with Gasteiger partial charge in [0.1, 0.15) is 6.10 Å². The van der Waals surface area contributed by atoms with Crippen molar-refractivity contribution in [2.45, 2.75) is 33.3 Å². The molecule has 0 fully saturated rings. The molecule has 1 heterocycles. The van der Waals surface area contributed by atoms with Gasteiger partial charge in [0, 0.05) is 30.7 Å². The number of hydrogen-bond acceptors (Lipinski definition) is 5.